The standard InChI is InChI=1S/C7H15NO.H2/c1-3-5-6-8-7(9)4-2;/h3-6H2,1-2H3,(H,8,9);1H. The second-order valence-corrected chi connectivity index (χ2v) is 2.06. The van der Waals surface area contributed by atoms with E-state index in [1.165, 1.54) is 0 Å². The van der Waals surface area contributed by atoms with E-state index in [0.29, 0.717) is 6.42 Å². The van der Waals surface area contributed by atoms with Gasteiger partial charge >= 0.3 is 0 Å². The summed E-state index contributed by atoms with van der Waals surface area (Å²) >= 11 is 0. The van der Waals surface area contributed by atoms with Crippen molar-refractivity contribution in [3.05, 3.63) is 0 Å². The molecule has 0 radical (unpaired) electrons. The van der Waals surface area contributed by atoms with Crippen LogP contribution in [0.15, 0.2) is 0 Å². The second-order valence-electron chi connectivity index (χ2n) is 2.06. The van der Waals surface area contributed by atoms with Crippen LogP contribution in [0.4, 0.5) is 0 Å². The number of unbranched alkanes of at least 4 members (excludes halogenated alkanes) is 1. The van der Waals surface area contributed by atoms with Crippen molar-refractivity contribution in [1.82, 2.24) is 5.32 Å². The van der Waals surface area contributed by atoms with E-state index in [9.17, 15) is 4.79 Å². The zero-order valence-corrected chi connectivity index (χ0v) is 6.24. The van der Waals surface area contributed by atoms with Gasteiger partial charge in [0.25, 0.3) is 0 Å². The predicted molar refractivity (Wildman–Crippen MR) is 40.3 cm³/mol. The molecule has 0 aromatic heterocycles. The molecule has 9 heavy (non-hydrogen) atoms. The van der Waals surface area contributed by atoms with Crippen molar-refractivity contribution < 1.29 is 6.22 Å². The highest BCUT2D eigenvalue weighted by Crippen LogP contribution is 1.83. The average molecular weight is 131 g/mol. The lowest BCUT2D eigenvalue weighted by atomic mass is 10.3. The van der Waals surface area contributed by atoms with Gasteiger partial charge in [0, 0.05) is 14.4 Å². The minimum Gasteiger partial charge on any atom is -0.356 e. The van der Waals surface area contributed by atoms with Crippen molar-refractivity contribution in [1.29, 1.82) is 0 Å². The molecule has 2 nitrogen and oxygen atoms in total. The van der Waals surface area contributed by atoms with Gasteiger partial charge in [0.05, 0.1) is 0 Å². The lowest BCUT2D eigenvalue weighted by Crippen LogP contribution is -2.22. The molecule has 0 aromatic carbocycles. The first-order chi connectivity index (χ1) is 4.31. The van der Waals surface area contributed by atoms with Gasteiger partial charge in [-0.1, -0.05) is 20.3 Å². The quantitative estimate of drug-likeness (QED) is 0.576. The Balaban J connectivity index is 0. The first-order valence-electron chi connectivity index (χ1n) is 3.58. The first-order valence-corrected chi connectivity index (χ1v) is 3.58. The van der Waals surface area contributed by atoms with E-state index in [1.807, 2.05) is 6.92 Å². The third-order valence-corrected chi connectivity index (χ3v) is 1.17. The number of carbonyl (C=O) groups is 1. The Hall–Kier alpha value is -0.530. The van der Waals surface area contributed by atoms with Crippen LogP contribution in [-0.2, 0) is 4.79 Å². The van der Waals surface area contributed by atoms with Crippen LogP contribution in [-0.4, -0.2) is 12.5 Å². The normalized spacial score (nSPS) is 9.11. The van der Waals surface area contributed by atoms with Crippen LogP contribution in [0.3, 0.4) is 0 Å². The van der Waals surface area contributed by atoms with Crippen LogP contribution >= 0.6 is 0 Å². The Morgan fingerprint density at radius 1 is 1.56 bits per heavy atom. The second kappa shape index (κ2) is 5.60. The van der Waals surface area contributed by atoms with E-state index in [2.05, 4.69) is 12.2 Å². The van der Waals surface area contributed by atoms with Gasteiger partial charge in [-0.25, -0.2) is 0 Å². The van der Waals surface area contributed by atoms with Crippen LogP contribution in [0, 0.1) is 0 Å². The molecule has 0 unspecified atom stereocenters. The van der Waals surface area contributed by atoms with Gasteiger partial charge in [0.1, 0.15) is 0 Å². The smallest absolute Gasteiger partial charge is 0.219 e. The van der Waals surface area contributed by atoms with Crippen molar-refractivity contribution >= 4 is 5.91 Å². The fraction of sp³-hybridized carbons (Fsp3) is 0.857. The lowest BCUT2D eigenvalue weighted by molar-refractivity contribution is -0.120. The summed E-state index contributed by atoms with van der Waals surface area (Å²) in [6.07, 6.45) is 2.83. The van der Waals surface area contributed by atoms with Gasteiger partial charge in [-0.05, 0) is 6.42 Å². The first kappa shape index (κ1) is 8.47. The molecular weight excluding hydrogens is 114 g/mol. The Labute approximate surface area is 58.1 Å². The molecule has 56 valence electrons. The molecule has 0 aromatic rings. The van der Waals surface area contributed by atoms with Gasteiger partial charge in [-0.15, -0.1) is 0 Å². The highest BCUT2D eigenvalue weighted by atomic mass is 16.1. The molecular formula is C7H17NO. The van der Waals surface area contributed by atoms with Crippen LogP contribution in [0.25, 0.3) is 0 Å². The van der Waals surface area contributed by atoms with Crippen molar-refractivity contribution in [3.8, 4) is 0 Å². The summed E-state index contributed by atoms with van der Waals surface area (Å²) in [5.74, 6) is 0.156. The van der Waals surface area contributed by atoms with E-state index in [0.717, 1.165) is 19.4 Å². The average Bonchev–Trinajstić information content (AvgIpc) is 1.89. The van der Waals surface area contributed by atoms with Gasteiger partial charge in [-0.2, -0.15) is 0 Å². The molecule has 0 heterocycles. The number of amides is 1. The molecule has 0 spiro atoms. The van der Waals surface area contributed by atoms with Crippen LogP contribution < -0.4 is 5.32 Å². The highest BCUT2D eigenvalue weighted by molar-refractivity contribution is 5.75. The van der Waals surface area contributed by atoms with Gasteiger partial charge in [0.15, 0.2) is 0 Å². The number of hydrogen-bond acceptors (Lipinski definition) is 1. The summed E-state index contributed by atoms with van der Waals surface area (Å²) in [6.45, 7) is 4.81. The fourth-order valence-corrected chi connectivity index (χ4v) is 0.530. The van der Waals surface area contributed by atoms with Crippen molar-refractivity contribution in [3.63, 3.8) is 0 Å². The number of carbonyl (C=O) groups excluding carboxylic acids is 1. The molecule has 0 saturated heterocycles. The molecule has 0 rings (SSSR count). The van der Waals surface area contributed by atoms with Gasteiger partial charge in [-0.3, -0.25) is 4.79 Å². The highest BCUT2D eigenvalue weighted by Gasteiger charge is 1.91. The lowest BCUT2D eigenvalue weighted by Gasteiger charge is -1.99. The monoisotopic (exact) mass is 131 g/mol. The Kier molecular flexibility index (Phi) is 5.27. The molecule has 0 saturated carbocycles. The van der Waals surface area contributed by atoms with Crippen LogP contribution in [0.2, 0.25) is 0 Å². The number of nitrogens with one attached hydrogen (secondary N) is 1. The van der Waals surface area contributed by atoms with E-state index in [1.54, 1.807) is 0 Å². The molecule has 0 atom stereocenters. The summed E-state index contributed by atoms with van der Waals surface area (Å²) in [6, 6.07) is 0. The summed E-state index contributed by atoms with van der Waals surface area (Å²) in [5, 5.41) is 2.79. The van der Waals surface area contributed by atoms with Crippen LogP contribution in [0.5, 0.6) is 0 Å². The molecule has 0 aliphatic carbocycles. The molecule has 0 aliphatic heterocycles. The largest absolute Gasteiger partial charge is 0.356 e. The maximum atomic E-state index is 10.6. The third kappa shape index (κ3) is 5.34. The van der Waals surface area contributed by atoms with Crippen molar-refractivity contribution in [2.24, 2.45) is 0 Å². The molecule has 2 heteroatoms. The van der Waals surface area contributed by atoms with E-state index < -0.39 is 0 Å². The minimum absolute atomic E-state index is 0. The zero-order chi connectivity index (χ0) is 7.11. The molecule has 0 aliphatic rings. The molecule has 1 amide bonds. The summed E-state index contributed by atoms with van der Waals surface area (Å²) in [4.78, 5) is 10.6. The minimum atomic E-state index is 0. The summed E-state index contributed by atoms with van der Waals surface area (Å²) in [5.41, 5.74) is 0. The van der Waals surface area contributed by atoms with E-state index >= 15 is 0 Å². The summed E-state index contributed by atoms with van der Waals surface area (Å²) in [7, 11) is 0. The zero-order valence-electron chi connectivity index (χ0n) is 6.24. The topological polar surface area (TPSA) is 29.1 Å². The van der Waals surface area contributed by atoms with Crippen molar-refractivity contribution in [2.45, 2.75) is 33.1 Å². The molecule has 0 bridgehead atoms. The Morgan fingerprint density at radius 2 is 2.22 bits per heavy atom. The number of rotatable bonds is 4. The van der Waals surface area contributed by atoms with Crippen LogP contribution in [0.1, 0.15) is 34.5 Å². The SMILES string of the molecule is CCCCNC(=O)CC.[HH]. The summed E-state index contributed by atoms with van der Waals surface area (Å²) < 4.78 is 0. The van der Waals surface area contributed by atoms with Crippen molar-refractivity contribution in [2.75, 3.05) is 6.54 Å². The third-order valence-electron chi connectivity index (χ3n) is 1.17. The van der Waals surface area contributed by atoms with Gasteiger partial charge < -0.3 is 5.32 Å². The number of hydrogen-bond donors (Lipinski definition) is 1. The maximum Gasteiger partial charge on any atom is 0.219 e. The Bertz CT molecular complexity index is 85.7. The van der Waals surface area contributed by atoms with E-state index in [-0.39, 0.29) is 7.33 Å². The molecule has 0 fully saturated rings. The van der Waals surface area contributed by atoms with Gasteiger partial charge in [0.2, 0.25) is 5.91 Å². The van der Waals surface area contributed by atoms with E-state index in [4.69, 9.17) is 0 Å². The predicted octanol–water partition coefficient (Wildman–Crippen LogP) is 1.56. The Morgan fingerprint density at radius 3 is 2.67 bits per heavy atom. The molecule has 1 N–H and O–H groups in total. The fourth-order valence-electron chi connectivity index (χ4n) is 0.530. The maximum absolute atomic E-state index is 10.6.